The second-order valence-corrected chi connectivity index (χ2v) is 5.87. The van der Waals surface area contributed by atoms with Gasteiger partial charge in [0.2, 0.25) is 11.8 Å². The highest BCUT2D eigenvalue weighted by atomic mass is 19.1. The molecule has 0 atom stereocenters. The van der Waals surface area contributed by atoms with Crippen LogP contribution < -0.4 is 14.4 Å². The van der Waals surface area contributed by atoms with Gasteiger partial charge in [-0.2, -0.15) is 0 Å². The number of halogens is 1. The zero-order valence-corrected chi connectivity index (χ0v) is 15.4. The number of nitrogens with zero attached hydrogens (tertiary/aromatic N) is 3. The average molecular weight is 381 g/mol. The van der Waals surface area contributed by atoms with Crippen molar-refractivity contribution in [1.29, 1.82) is 0 Å². The van der Waals surface area contributed by atoms with Crippen LogP contribution in [-0.2, 0) is 11.3 Å². The van der Waals surface area contributed by atoms with Gasteiger partial charge < -0.3 is 14.4 Å². The molecule has 0 unspecified atom stereocenters. The molecule has 0 bridgehead atoms. The third kappa shape index (κ3) is 4.82. The number of benzene rings is 1. The quantitative estimate of drug-likeness (QED) is 0.586. The Labute approximate surface area is 162 Å². The van der Waals surface area contributed by atoms with Crippen LogP contribution in [0.15, 0.2) is 67.1 Å². The van der Waals surface area contributed by atoms with Crippen LogP contribution in [0, 0.1) is 0 Å². The first-order chi connectivity index (χ1) is 13.7. The van der Waals surface area contributed by atoms with E-state index in [0.29, 0.717) is 28.6 Å². The first-order valence-corrected chi connectivity index (χ1v) is 8.76. The predicted molar refractivity (Wildman–Crippen MR) is 103 cm³/mol. The first kappa shape index (κ1) is 19.3. The summed E-state index contributed by atoms with van der Waals surface area (Å²) in [5, 5.41) is 0. The van der Waals surface area contributed by atoms with Crippen molar-refractivity contribution in [2.75, 3.05) is 18.2 Å². The Kier molecular flexibility index (Phi) is 6.51. The number of carbonyl (C=O) groups excluding carboxylic acids is 1. The molecule has 28 heavy (non-hydrogen) atoms. The molecule has 0 saturated heterocycles. The molecule has 3 aromatic rings. The zero-order valence-electron chi connectivity index (χ0n) is 15.4. The van der Waals surface area contributed by atoms with E-state index in [-0.39, 0.29) is 19.1 Å². The summed E-state index contributed by atoms with van der Waals surface area (Å²) in [5.41, 5.74) is 1.17. The molecular weight excluding hydrogens is 361 g/mol. The summed E-state index contributed by atoms with van der Waals surface area (Å²) in [6, 6.07) is 14.3. The van der Waals surface area contributed by atoms with Crippen LogP contribution in [0.1, 0.15) is 12.5 Å². The number of anilines is 1. The molecule has 0 aliphatic rings. The van der Waals surface area contributed by atoms with Crippen LogP contribution >= 0.6 is 0 Å². The molecular formula is C21H20FN3O3. The SMILES string of the molecule is CC(=O)N(Cc1cnccc1OCCF)c1cccnc1Oc1ccccc1. The second-order valence-electron chi connectivity index (χ2n) is 5.87. The smallest absolute Gasteiger partial charge is 0.243 e. The van der Waals surface area contributed by atoms with E-state index in [2.05, 4.69) is 9.97 Å². The van der Waals surface area contributed by atoms with Gasteiger partial charge in [-0.25, -0.2) is 9.37 Å². The van der Waals surface area contributed by atoms with Crippen molar-refractivity contribution in [2.45, 2.75) is 13.5 Å². The molecule has 0 fully saturated rings. The predicted octanol–water partition coefficient (Wildman–Crippen LogP) is 4.17. The molecule has 7 heteroatoms. The van der Waals surface area contributed by atoms with Gasteiger partial charge in [-0.15, -0.1) is 0 Å². The molecule has 1 amide bonds. The van der Waals surface area contributed by atoms with Crippen LogP contribution in [-0.4, -0.2) is 29.2 Å². The number of alkyl halides is 1. The van der Waals surface area contributed by atoms with E-state index in [1.54, 1.807) is 48.9 Å². The average Bonchev–Trinajstić information content (AvgIpc) is 2.72. The summed E-state index contributed by atoms with van der Waals surface area (Å²) in [4.78, 5) is 22.3. The minimum absolute atomic E-state index is 0.0631. The monoisotopic (exact) mass is 381 g/mol. The van der Waals surface area contributed by atoms with Gasteiger partial charge in [-0.3, -0.25) is 9.78 Å². The lowest BCUT2D eigenvalue weighted by atomic mass is 10.2. The number of hydrogen-bond donors (Lipinski definition) is 0. The van der Waals surface area contributed by atoms with Gasteiger partial charge in [0.1, 0.15) is 30.5 Å². The third-order valence-corrected chi connectivity index (χ3v) is 3.90. The molecule has 6 nitrogen and oxygen atoms in total. The Morgan fingerprint density at radius 3 is 2.68 bits per heavy atom. The number of amides is 1. The van der Waals surface area contributed by atoms with Crippen molar-refractivity contribution in [2.24, 2.45) is 0 Å². The fourth-order valence-corrected chi connectivity index (χ4v) is 2.63. The molecule has 0 aliphatic heterocycles. The third-order valence-electron chi connectivity index (χ3n) is 3.90. The number of aromatic nitrogens is 2. The van der Waals surface area contributed by atoms with Gasteiger partial charge in [0, 0.05) is 31.1 Å². The Balaban J connectivity index is 1.91. The van der Waals surface area contributed by atoms with Gasteiger partial charge in [-0.05, 0) is 30.3 Å². The van der Waals surface area contributed by atoms with E-state index in [4.69, 9.17) is 9.47 Å². The van der Waals surface area contributed by atoms with E-state index in [1.165, 1.54) is 11.8 Å². The highest BCUT2D eigenvalue weighted by Crippen LogP contribution is 2.32. The van der Waals surface area contributed by atoms with Crippen molar-refractivity contribution >= 4 is 11.6 Å². The van der Waals surface area contributed by atoms with Crippen LogP contribution in [0.2, 0.25) is 0 Å². The highest BCUT2D eigenvalue weighted by molar-refractivity contribution is 5.92. The van der Waals surface area contributed by atoms with Crippen LogP contribution in [0.3, 0.4) is 0 Å². The van der Waals surface area contributed by atoms with Crippen molar-refractivity contribution in [3.05, 3.63) is 72.7 Å². The van der Waals surface area contributed by atoms with E-state index >= 15 is 0 Å². The summed E-state index contributed by atoms with van der Waals surface area (Å²) in [6.07, 6.45) is 4.75. The minimum atomic E-state index is -0.601. The molecule has 3 rings (SSSR count). The summed E-state index contributed by atoms with van der Waals surface area (Å²) in [5.74, 6) is 1.19. The maximum atomic E-state index is 12.5. The number of carbonyl (C=O) groups is 1. The molecule has 0 saturated carbocycles. The topological polar surface area (TPSA) is 64.6 Å². The number of para-hydroxylation sites is 1. The molecule has 2 aromatic heterocycles. The second kappa shape index (κ2) is 9.45. The summed E-state index contributed by atoms with van der Waals surface area (Å²) in [7, 11) is 0. The summed E-state index contributed by atoms with van der Waals surface area (Å²) >= 11 is 0. The first-order valence-electron chi connectivity index (χ1n) is 8.76. The molecule has 1 aromatic carbocycles. The van der Waals surface area contributed by atoms with Crippen molar-refractivity contribution in [1.82, 2.24) is 9.97 Å². The van der Waals surface area contributed by atoms with E-state index in [9.17, 15) is 9.18 Å². The Hall–Kier alpha value is -3.48. The molecule has 2 heterocycles. The standard InChI is InChI=1S/C21H20FN3O3/c1-16(26)25(15-17-14-23-12-9-20(17)27-13-10-22)19-8-5-11-24-21(19)28-18-6-3-2-4-7-18/h2-9,11-12,14H,10,13,15H2,1H3. The van der Waals surface area contributed by atoms with Gasteiger partial charge in [0.05, 0.1) is 6.54 Å². The lowest BCUT2D eigenvalue weighted by Gasteiger charge is -2.24. The van der Waals surface area contributed by atoms with E-state index in [1.807, 2.05) is 18.2 Å². The largest absolute Gasteiger partial charge is 0.490 e. The minimum Gasteiger partial charge on any atom is -0.490 e. The van der Waals surface area contributed by atoms with Crippen LogP contribution in [0.5, 0.6) is 17.4 Å². The van der Waals surface area contributed by atoms with E-state index < -0.39 is 6.67 Å². The fourth-order valence-electron chi connectivity index (χ4n) is 2.63. The normalized spacial score (nSPS) is 10.4. The number of rotatable bonds is 8. The molecule has 0 aliphatic carbocycles. The molecule has 0 spiro atoms. The Morgan fingerprint density at radius 2 is 1.93 bits per heavy atom. The maximum absolute atomic E-state index is 12.5. The van der Waals surface area contributed by atoms with Crippen molar-refractivity contribution in [3.63, 3.8) is 0 Å². The summed E-state index contributed by atoms with van der Waals surface area (Å²) < 4.78 is 23.8. The van der Waals surface area contributed by atoms with Gasteiger partial charge >= 0.3 is 0 Å². The fraction of sp³-hybridized carbons (Fsp3) is 0.190. The van der Waals surface area contributed by atoms with Gasteiger partial charge in [-0.1, -0.05) is 18.2 Å². The Bertz CT molecular complexity index is 922. The number of ether oxygens (including phenoxy) is 2. The molecule has 144 valence electrons. The van der Waals surface area contributed by atoms with Gasteiger partial charge in [0.25, 0.3) is 0 Å². The zero-order chi connectivity index (χ0) is 19.8. The molecule has 0 radical (unpaired) electrons. The summed E-state index contributed by atoms with van der Waals surface area (Å²) in [6.45, 7) is 0.974. The Morgan fingerprint density at radius 1 is 1.11 bits per heavy atom. The number of hydrogen-bond acceptors (Lipinski definition) is 5. The lowest BCUT2D eigenvalue weighted by molar-refractivity contribution is -0.116. The van der Waals surface area contributed by atoms with E-state index in [0.717, 1.165) is 0 Å². The van der Waals surface area contributed by atoms with Crippen molar-refractivity contribution < 1.29 is 18.7 Å². The number of pyridine rings is 2. The lowest BCUT2D eigenvalue weighted by Crippen LogP contribution is -2.28. The highest BCUT2D eigenvalue weighted by Gasteiger charge is 2.20. The molecule has 0 N–H and O–H groups in total. The maximum Gasteiger partial charge on any atom is 0.243 e. The van der Waals surface area contributed by atoms with Crippen LogP contribution in [0.25, 0.3) is 0 Å². The van der Waals surface area contributed by atoms with Gasteiger partial charge in [0.15, 0.2) is 0 Å². The van der Waals surface area contributed by atoms with Crippen LogP contribution in [0.4, 0.5) is 10.1 Å². The van der Waals surface area contributed by atoms with Crippen molar-refractivity contribution in [3.8, 4) is 17.4 Å².